The van der Waals surface area contributed by atoms with Crippen molar-refractivity contribution in [3.05, 3.63) is 48.6 Å². The first kappa shape index (κ1) is 42.0. The summed E-state index contributed by atoms with van der Waals surface area (Å²) in [7, 11) is 4.41. The van der Waals surface area contributed by atoms with Crippen LogP contribution in [0.3, 0.4) is 0 Å². The molecule has 1 saturated carbocycles. The summed E-state index contributed by atoms with van der Waals surface area (Å²) in [6, 6.07) is 0. The van der Waals surface area contributed by atoms with Crippen LogP contribution in [0, 0.1) is 5.92 Å². The minimum absolute atomic E-state index is 0.312. The lowest BCUT2D eigenvalue weighted by Crippen LogP contribution is -2.35. The van der Waals surface area contributed by atoms with Gasteiger partial charge in [0.15, 0.2) is 5.79 Å². The highest BCUT2D eigenvalue weighted by Crippen LogP contribution is 2.44. The molecule has 0 N–H and O–H groups in total. The monoisotopic (exact) mass is 654 g/mol. The van der Waals surface area contributed by atoms with Crippen LogP contribution in [-0.4, -0.2) is 43.5 Å². The third-order valence-corrected chi connectivity index (χ3v) is 10.2. The number of rotatable bonds is 30. The van der Waals surface area contributed by atoms with E-state index in [9.17, 15) is 0 Å². The quantitative estimate of drug-likeness (QED) is 0.0569. The first-order valence-electron chi connectivity index (χ1n) is 20.7. The maximum absolute atomic E-state index is 6.94. The van der Waals surface area contributed by atoms with Gasteiger partial charge in [-0.25, -0.2) is 0 Å². The van der Waals surface area contributed by atoms with Crippen LogP contribution >= 0.6 is 0 Å². The Bertz CT molecular complexity index is 781. The van der Waals surface area contributed by atoms with E-state index in [1.165, 1.54) is 154 Å². The molecule has 47 heavy (non-hydrogen) atoms. The highest BCUT2D eigenvalue weighted by atomic mass is 16.8. The van der Waals surface area contributed by atoms with Crippen molar-refractivity contribution in [2.75, 3.05) is 20.6 Å². The van der Waals surface area contributed by atoms with E-state index in [2.05, 4.69) is 81.5 Å². The van der Waals surface area contributed by atoms with Gasteiger partial charge < -0.3 is 14.4 Å². The van der Waals surface area contributed by atoms with Crippen molar-refractivity contribution in [1.82, 2.24) is 4.90 Å². The Morgan fingerprint density at radius 3 is 1.40 bits per heavy atom. The van der Waals surface area contributed by atoms with Gasteiger partial charge in [-0.1, -0.05) is 140 Å². The lowest BCUT2D eigenvalue weighted by Gasteiger charge is -2.31. The molecule has 0 aromatic carbocycles. The Morgan fingerprint density at radius 2 is 0.936 bits per heavy atom. The Labute approximate surface area is 294 Å². The molecule has 0 amide bonds. The molecule has 0 spiro atoms. The van der Waals surface area contributed by atoms with E-state index >= 15 is 0 Å². The first-order chi connectivity index (χ1) is 23.1. The van der Waals surface area contributed by atoms with E-state index < -0.39 is 0 Å². The molecule has 2 aliphatic rings. The largest absolute Gasteiger partial charge is 0.344 e. The molecule has 1 heterocycles. The summed E-state index contributed by atoms with van der Waals surface area (Å²) in [5.41, 5.74) is 0. The van der Waals surface area contributed by atoms with Gasteiger partial charge in [0.2, 0.25) is 0 Å². The van der Waals surface area contributed by atoms with Crippen LogP contribution in [0.4, 0.5) is 0 Å². The molecule has 1 aliphatic heterocycles. The third-order valence-electron chi connectivity index (χ3n) is 10.2. The highest BCUT2D eigenvalue weighted by molar-refractivity contribution is 4.94. The average Bonchev–Trinajstić information content (AvgIpc) is 3.42. The number of hydrogen-bond donors (Lipinski definition) is 0. The van der Waals surface area contributed by atoms with Gasteiger partial charge >= 0.3 is 0 Å². The Kier molecular flexibility index (Phi) is 25.6. The third kappa shape index (κ3) is 21.5. The average molecular weight is 654 g/mol. The number of ether oxygens (including phenoxy) is 2. The minimum Gasteiger partial charge on any atom is -0.344 e. The SMILES string of the molecule is CCCC/C=C\C/C=C\CCCCCCCCC1(CCCCCCCC/C=C\C/C=C\CCCC)O[C@H]2C[C@H](CN(C)C)CC[C@H]2O1. The van der Waals surface area contributed by atoms with Crippen molar-refractivity contribution >= 4 is 0 Å². The van der Waals surface area contributed by atoms with Crippen LogP contribution < -0.4 is 0 Å². The molecule has 0 aromatic heterocycles. The van der Waals surface area contributed by atoms with Crippen molar-refractivity contribution in [1.29, 1.82) is 0 Å². The topological polar surface area (TPSA) is 21.7 Å². The van der Waals surface area contributed by atoms with Crippen molar-refractivity contribution in [2.45, 2.75) is 205 Å². The summed E-state index contributed by atoms with van der Waals surface area (Å²) in [5, 5.41) is 0. The van der Waals surface area contributed by atoms with Crippen molar-refractivity contribution < 1.29 is 9.47 Å². The molecule has 1 aliphatic carbocycles. The molecule has 3 nitrogen and oxygen atoms in total. The maximum Gasteiger partial charge on any atom is 0.169 e. The highest BCUT2D eigenvalue weighted by Gasteiger charge is 2.48. The fourth-order valence-corrected chi connectivity index (χ4v) is 7.45. The molecular formula is C44H79NO2. The number of fused-ring (bicyclic) bond motifs is 1. The van der Waals surface area contributed by atoms with Crippen LogP contribution in [0.1, 0.15) is 187 Å². The standard InChI is InChI=1S/C44H79NO2/c1-5-7-9-11-13-15-17-19-21-23-25-27-29-31-33-37-44(46-42-36-35-41(40-45(3)4)39-43(42)47-44)38-34-32-30-28-26-24-22-20-18-16-14-12-10-8-6-2/h11-14,17-20,41-43H,5-10,15-16,21-40H2,1-4H3/b13-11-,14-12-,19-17-,20-18-/t41-,42-,43+/m1/s1. The Balaban J connectivity index is 1.62. The molecule has 3 heteroatoms. The number of allylic oxidation sites excluding steroid dienone is 8. The smallest absolute Gasteiger partial charge is 0.169 e. The maximum atomic E-state index is 6.94. The summed E-state index contributed by atoms with van der Waals surface area (Å²) < 4.78 is 13.8. The normalized spacial score (nSPS) is 21.4. The Morgan fingerprint density at radius 1 is 0.511 bits per heavy atom. The van der Waals surface area contributed by atoms with Gasteiger partial charge in [0.25, 0.3) is 0 Å². The van der Waals surface area contributed by atoms with Gasteiger partial charge in [0.1, 0.15) is 0 Å². The molecule has 0 aromatic rings. The number of hydrogen-bond acceptors (Lipinski definition) is 3. The predicted octanol–water partition coefficient (Wildman–Crippen LogP) is 13.5. The van der Waals surface area contributed by atoms with E-state index in [-0.39, 0.29) is 5.79 Å². The van der Waals surface area contributed by atoms with Gasteiger partial charge in [0.05, 0.1) is 12.2 Å². The minimum atomic E-state index is -0.312. The zero-order valence-corrected chi connectivity index (χ0v) is 31.9. The Hall–Kier alpha value is -1.16. The van der Waals surface area contributed by atoms with Crippen LogP contribution in [0.15, 0.2) is 48.6 Å². The molecule has 0 radical (unpaired) electrons. The molecule has 0 unspecified atom stereocenters. The number of nitrogens with zero attached hydrogens (tertiary/aromatic N) is 1. The second-order valence-corrected chi connectivity index (χ2v) is 15.1. The van der Waals surface area contributed by atoms with Crippen LogP contribution in [0.5, 0.6) is 0 Å². The van der Waals surface area contributed by atoms with Crippen molar-refractivity contribution in [2.24, 2.45) is 5.92 Å². The summed E-state index contributed by atoms with van der Waals surface area (Å²) in [4.78, 5) is 2.35. The zero-order chi connectivity index (χ0) is 33.7. The van der Waals surface area contributed by atoms with E-state index in [1.807, 2.05) is 0 Å². The fraction of sp³-hybridized carbons (Fsp3) is 0.818. The summed E-state index contributed by atoms with van der Waals surface area (Å²) >= 11 is 0. The first-order valence-corrected chi connectivity index (χ1v) is 20.7. The molecular weight excluding hydrogens is 574 g/mol. The zero-order valence-electron chi connectivity index (χ0n) is 31.9. The van der Waals surface area contributed by atoms with E-state index in [0.29, 0.717) is 12.2 Å². The van der Waals surface area contributed by atoms with Crippen molar-refractivity contribution in [3.8, 4) is 0 Å². The summed E-state index contributed by atoms with van der Waals surface area (Å²) in [5.74, 6) is 0.438. The predicted molar refractivity (Wildman–Crippen MR) is 207 cm³/mol. The molecule has 272 valence electrons. The van der Waals surface area contributed by atoms with Gasteiger partial charge in [-0.05, 0) is 103 Å². The van der Waals surface area contributed by atoms with Gasteiger partial charge in [-0.15, -0.1) is 0 Å². The van der Waals surface area contributed by atoms with E-state index in [4.69, 9.17) is 9.47 Å². The second-order valence-electron chi connectivity index (χ2n) is 15.1. The molecule has 1 saturated heterocycles. The lowest BCUT2D eigenvalue weighted by molar-refractivity contribution is -0.186. The molecule has 2 rings (SSSR count). The van der Waals surface area contributed by atoms with Crippen molar-refractivity contribution in [3.63, 3.8) is 0 Å². The second kappa shape index (κ2) is 28.7. The van der Waals surface area contributed by atoms with E-state index in [0.717, 1.165) is 31.6 Å². The van der Waals surface area contributed by atoms with Gasteiger partial charge in [-0.3, -0.25) is 0 Å². The number of unbranched alkanes of at least 4 members (excludes halogenated alkanes) is 16. The van der Waals surface area contributed by atoms with E-state index in [1.54, 1.807) is 0 Å². The summed E-state index contributed by atoms with van der Waals surface area (Å²) in [6.45, 7) is 5.70. The lowest BCUT2D eigenvalue weighted by atomic mass is 9.85. The molecule has 0 bridgehead atoms. The van der Waals surface area contributed by atoms with Crippen LogP contribution in [0.2, 0.25) is 0 Å². The molecule has 2 fully saturated rings. The fourth-order valence-electron chi connectivity index (χ4n) is 7.45. The van der Waals surface area contributed by atoms with Gasteiger partial charge in [0, 0.05) is 19.4 Å². The van der Waals surface area contributed by atoms with Crippen LogP contribution in [-0.2, 0) is 9.47 Å². The molecule has 3 atom stereocenters. The van der Waals surface area contributed by atoms with Crippen LogP contribution in [0.25, 0.3) is 0 Å². The summed E-state index contributed by atoms with van der Waals surface area (Å²) in [6.07, 6.45) is 53.5. The van der Waals surface area contributed by atoms with Gasteiger partial charge in [-0.2, -0.15) is 0 Å².